The zero-order chi connectivity index (χ0) is 19.0. The number of carbonyl (C=O) groups is 1. The van der Waals surface area contributed by atoms with Gasteiger partial charge in [0.25, 0.3) is 5.56 Å². The molecule has 1 aromatic rings. The van der Waals surface area contributed by atoms with Crippen LogP contribution in [0.15, 0.2) is 15.8 Å². The predicted molar refractivity (Wildman–Crippen MR) is 92.5 cm³/mol. The van der Waals surface area contributed by atoms with Gasteiger partial charge in [-0.05, 0) is 19.3 Å². The fourth-order valence-corrected chi connectivity index (χ4v) is 3.08. The molecule has 2 unspecified atom stereocenters. The Morgan fingerprint density at radius 1 is 1.28 bits per heavy atom. The van der Waals surface area contributed by atoms with Crippen molar-refractivity contribution in [1.82, 2.24) is 9.55 Å². The Morgan fingerprint density at radius 3 is 2.48 bits per heavy atom. The van der Waals surface area contributed by atoms with Gasteiger partial charge in [-0.1, -0.05) is 6.92 Å². The number of nitrogens with one attached hydrogen (secondary N) is 1. The first-order chi connectivity index (χ1) is 11.8. The minimum atomic E-state index is -1.55. The summed E-state index contributed by atoms with van der Waals surface area (Å²) in [6, 6.07) is 0. The van der Waals surface area contributed by atoms with E-state index in [1.807, 2.05) is 6.92 Å². The van der Waals surface area contributed by atoms with Crippen LogP contribution in [0.4, 0.5) is 0 Å². The van der Waals surface area contributed by atoms with Gasteiger partial charge >= 0.3 is 11.7 Å². The molecule has 142 valence electrons. The lowest BCUT2D eigenvalue weighted by Crippen LogP contribution is -2.31. The summed E-state index contributed by atoms with van der Waals surface area (Å²) in [6.07, 6.45) is 2.15. The van der Waals surface area contributed by atoms with Crippen LogP contribution in [0.5, 0.6) is 0 Å². The molecular weight excluding hydrogens is 351 g/mol. The Bertz CT molecular complexity index is 669. The number of aromatic nitrogens is 2. The third kappa shape index (κ3) is 6.36. The Balaban J connectivity index is 2.62. The fraction of sp³-hybridized carbons (Fsp3) is 0.667. The number of carbonyl (C=O) groups excluding carboxylic acids is 1. The second-order valence-electron chi connectivity index (χ2n) is 5.52. The molecule has 10 heteroatoms. The van der Waals surface area contributed by atoms with Gasteiger partial charge in [0, 0.05) is 32.5 Å². The molecule has 0 amide bonds. The van der Waals surface area contributed by atoms with Crippen molar-refractivity contribution in [3.8, 4) is 0 Å². The van der Waals surface area contributed by atoms with Crippen molar-refractivity contribution in [2.24, 2.45) is 5.92 Å². The Hall–Kier alpha value is -1.54. The van der Waals surface area contributed by atoms with E-state index in [4.69, 9.17) is 18.5 Å². The van der Waals surface area contributed by atoms with Crippen LogP contribution < -0.4 is 11.2 Å². The first-order valence-corrected chi connectivity index (χ1v) is 8.95. The van der Waals surface area contributed by atoms with Gasteiger partial charge in [-0.25, -0.2) is 9.59 Å². The average molecular weight is 376 g/mol. The summed E-state index contributed by atoms with van der Waals surface area (Å²) in [7, 11) is 2.58. The molecule has 1 N–H and O–H groups in total. The zero-order valence-electron chi connectivity index (χ0n) is 15.1. The highest BCUT2D eigenvalue weighted by atomic mass is 31.2. The van der Waals surface area contributed by atoms with Crippen LogP contribution in [0.25, 0.3) is 0 Å². The second-order valence-corrected chi connectivity index (χ2v) is 7.29. The Labute approximate surface area is 147 Å². The molecule has 0 aromatic carbocycles. The Morgan fingerprint density at radius 2 is 1.92 bits per heavy atom. The maximum atomic E-state index is 11.8. The van der Waals surface area contributed by atoms with Gasteiger partial charge in [-0.2, -0.15) is 0 Å². The lowest BCUT2D eigenvalue weighted by atomic mass is 10.1. The van der Waals surface area contributed by atoms with Crippen LogP contribution in [0, 0.1) is 12.8 Å². The van der Waals surface area contributed by atoms with E-state index in [9.17, 15) is 14.4 Å². The van der Waals surface area contributed by atoms with Crippen LogP contribution in [-0.2, 0) is 29.9 Å². The summed E-state index contributed by atoms with van der Waals surface area (Å²) in [6.45, 7) is 4.26. The third-order valence-corrected chi connectivity index (χ3v) is 5.01. The number of rotatable bonds is 10. The summed E-state index contributed by atoms with van der Waals surface area (Å²) in [5, 5.41) is 0. The first kappa shape index (κ1) is 21.5. The van der Waals surface area contributed by atoms with Gasteiger partial charge in [0.2, 0.25) is 14.2 Å². The van der Waals surface area contributed by atoms with E-state index >= 15 is 0 Å². The minimum absolute atomic E-state index is 0.0526. The molecule has 25 heavy (non-hydrogen) atoms. The minimum Gasteiger partial charge on any atom is -0.467 e. The summed E-state index contributed by atoms with van der Waals surface area (Å²) >= 11 is 0. The van der Waals surface area contributed by atoms with E-state index in [2.05, 4.69) is 4.98 Å². The summed E-state index contributed by atoms with van der Waals surface area (Å²) in [4.78, 5) is 37.2. The molecule has 0 fully saturated rings. The van der Waals surface area contributed by atoms with Gasteiger partial charge in [0.05, 0.1) is 13.7 Å². The summed E-state index contributed by atoms with van der Waals surface area (Å²) in [5.74, 6) is -1.44. The zero-order valence-corrected chi connectivity index (χ0v) is 16.0. The topological polar surface area (TPSA) is 109 Å². The van der Waals surface area contributed by atoms with Crippen molar-refractivity contribution in [1.29, 1.82) is 0 Å². The molecule has 0 aliphatic heterocycles. The number of nitrogens with zero attached hydrogens (tertiary/aromatic N) is 1. The van der Waals surface area contributed by atoms with Crippen molar-refractivity contribution in [3.63, 3.8) is 0 Å². The molecule has 0 bridgehead atoms. The molecule has 0 aliphatic rings. The largest absolute Gasteiger partial charge is 0.467 e. The SMILES string of the molecule is COC(=O)C(OCC(C)CCn1cc(C)c(=O)[nH]c1=O)P(OC)OC. The molecule has 0 saturated carbocycles. The number of hydrogen-bond donors (Lipinski definition) is 1. The molecule has 1 rings (SSSR count). The second kappa shape index (κ2) is 10.5. The fourth-order valence-electron chi connectivity index (χ4n) is 2.06. The predicted octanol–water partition coefficient (Wildman–Crippen LogP) is 0.992. The highest BCUT2D eigenvalue weighted by Crippen LogP contribution is 2.43. The van der Waals surface area contributed by atoms with Gasteiger partial charge in [-0.15, -0.1) is 0 Å². The monoisotopic (exact) mass is 376 g/mol. The van der Waals surface area contributed by atoms with Crippen molar-refractivity contribution in [2.45, 2.75) is 32.7 Å². The number of aromatic amines is 1. The maximum Gasteiger partial charge on any atom is 0.344 e. The van der Waals surface area contributed by atoms with Crippen LogP contribution in [0.2, 0.25) is 0 Å². The van der Waals surface area contributed by atoms with Gasteiger partial charge in [0.1, 0.15) is 0 Å². The standard InChI is InChI=1S/C15H25N2O7P/c1-10(6-7-17-8-11(2)12(18)16-15(17)20)9-24-14(13(19)21-3)25(22-4)23-5/h8,10,14H,6-7,9H2,1-5H3,(H,16,18,20). The molecule has 0 aliphatic carbocycles. The quantitative estimate of drug-likeness (QED) is 0.479. The van der Waals surface area contributed by atoms with E-state index in [0.29, 0.717) is 18.5 Å². The smallest absolute Gasteiger partial charge is 0.344 e. The van der Waals surface area contributed by atoms with E-state index in [1.54, 1.807) is 6.92 Å². The third-order valence-electron chi connectivity index (χ3n) is 3.54. The molecule has 1 heterocycles. The van der Waals surface area contributed by atoms with E-state index in [-0.39, 0.29) is 18.1 Å². The van der Waals surface area contributed by atoms with Crippen molar-refractivity contribution in [3.05, 3.63) is 32.6 Å². The van der Waals surface area contributed by atoms with Crippen molar-refractivity contribution < 1.29 is 23.3 Å². The molecular formula is C15H25N2O7P. The highest BCUT2D eigenvalue weighted by molar-refractivity contribution is 7.49. The van der Waals surface area contributed by atoms with Crippen LogP contribution in [-0.4, -0.2) is 49.3 Å². The number of methoxy groups -OCH3 is 1. The van der Waals surface area contributed by atoms with E-state index in [1.165, 1.54) is 32.1 Å². The van der Waals surface area contributed by atoms with Crippen LogP contribution >= 0.6 is 8.38 Å². The van der Waals surface area contributed by atoms with E-state index in [0.717, 1.165) is 0 Å². The number of aryl methyl sites for hydroxylation is 2. The number of esters is 1. The summed E-state index contributed by atoms with van der Waals surface area (Å²) in [5.41, 5.74) is -0.357. The van der Waals surface area contributed by atoms with Crippen molar-refractivity contribution in [2.75, 3.05) is 27.9 Å². The van der Waals surface area contributed by atoms with Crippen LogP contribution in [0.1, 0.15) is 18.9 Å². The molecule has 2 atom stereocenters. The number of H-pyrrole nitrogens is 1. The van der Waals surface area contributed by atoms with Gasteiger partial charge in [0.15, 0.2) is 0 Å². The molecule has 0 spiro atoms. The highest BCUT2D eigenvalue weighted by Gasteiger charge is 2.32. The maximum absolute atomic E-state index is 11.8. The molecule has 0 radical (unpaired) electrons. The normalized spacial score (nSPS) is 13.7. The van der Waals surface area contributed by atoms with Gasteiger partial charge < -0.3 is 23.1 Å². The molecule has 0 saturated heterocycles. The lowest BCUT2D eigenvalue weighted by molar-refractivity contribution is -0.149. The number of hydrogen-bond acceptors (Lipinski definition) is 7. The van der Waals surface area contributed by atoms with E-state index < -0.39 is 25.9 Å². The van der Waals surface area contributed by atoms with Crippen molar-refractivity contribution >= 4 is 14.3 Å². The first-order valence-electron chi connectivity index (χ1n) is 7.71. The average Bonchev–Trinajstić information content (AvgIpc) is 2.59. The molecule has 9 nitrogen and oxygen atoms in total. The number of ether oxygens (including phenoxy) is 2. The molecule has 1 aromatic heterocycles. The summed E-state index contributed by atoms with van der Waals surface area (Å²) < 4.78 is 22.0. The van der Waals surface area contributed by atoms with Gasteiger partial charge in [-0.3, -0.25) is 9.78 Å². The lowest BCUT2D eigenvalue weighted by Gasteiger charge is -2.23. The Kier molecular flexibility index (Phi) is 8.99. The van der Waals surface area contributed by atoms with Crippen LogP contribution in [0.3, 0.4) is 0 Å².